The molecule has 0 unspecified atom stereocenters. The van der Waals surface area contributed by atoms with Crippen LogP contribution in [0.25, 0.3) is 22.5 Å². The lowest BCUT2D eigenvalue weighted by Gasteiger charge is -2.13. The van der Waals surface area contributed by atoms with Crippen molar-refractivity contribution >= 4 is 0 Å². The highest BCUT2D eigenvalue weighted by Gasteiger charge is 2.40. The van der Waals surface area contributed by atoms with Crippen molar-refractivity contribution in [1.82, 2.24) is 15.0 Å². The van der Waals surface area contributed by atoms with Crippen molar-refractivity contribution in [3.8, 4) is 22.5 Å². The van der Waals surface area contributed by atoms with Gasteiger partial charge in [-0.25, -0.2) is 9.97 Å². The molecule has 0 radical (unpaired) electrons. The minimum Gasteiger partial charge on any atom is -0.355 e. The zero-order valence-corrected chi connectivity index (χ0v) is 15.4. The third-order valence-electron chi connectivity index (χ3n) is 4.12. The van der Waals surface area contributed by atoms with Crippen molar-refractivity contribution in [2.24, 2.45) is 0 Å². The van der Waals surface area contributed by atoms with Crippen molar-refractivity contribution in [3.05, 3.63) is 59.2 Å². The van der Waals surface area contributed by atoms with Gasteiger partial charge < -0.3 is 4.98 Å². The second-order valence-electron chi connectivity index (χ2n) is 6.53. The van der Waals surface area contributed by atoms with Crippen LogP contribution in [0.3, 0.4) is 0 Å². The van der Waals surface area contributed by atoms with E-state index in [0.717, 1.165) is 12.1 Å². The van der Waals surface area contributed by atoms with E-state index < -0.39 is 70.0 Å². The lowest BCUT2D eigenvalue weighted by Crippen LogP contribution is -2.15. The van der Waals surface area contributed by atoms with E-state index in [1.165, 1.54) is 0 Å². The first kappa shape index (κ1) is 24.4. The summed E-state index contributed by atoms with van der Waals surface area (Å²) in [4.78, 5) is 7.28. The van der Waals surface area contributed by atoms with Crippen molar-refractivity contribution in [3.63, 3.8) is 0 Å². The maximum Gasteiger partial charge on any atom is 0.433 e. The van der Waals surface area contributed by atoms with Gasteiger partial charge in [0.1, 0.15) is 22.8 Å². The zero-order chi connectivity index (χ0) is 25.0. The van der Waals surface area contributed by atoms with Crippen LogP contribution in [0.1, 0.15) is 22.8 Å². The van der Waals surface area contributed by atoms with Gasteiger partial charge in [0, 0.05) is 22.5 Å². The molecule has 3 nitrogen and oxygen atoms in total. The van der Waals surface area contributed by atoms with E-state index in [-0.39, 0.29) is 24.3 Å². The first-order valence-electron chi connectivity index (χ1n) is 8.38. The molecule has 3 aromatic rings. The topological polar surface area (TPSA) is 41.6 Å². The Hall–Kier alpha value is -3.26. The number of rotatable bonds is 2. The Kier molecular flexibility index (Phi) is 5.66. The van der Waals surface area contributed by atoms with E-state index in [0.29, 0.717) is 0 Å². The first-order chi connectivity index (χ1) is 14.9. The molecule has 1 N–H and O–H groups in total. The molecule has 178 valence electrons. The van der Waals surface area contributed by atoms with Crippen LogP contribution in [0.15, 0.2) is 36.4 Å². The van der Waals surface area contributed by atoms with Crippen molar-refractivity contribution in [1.29, 1.82) is 0 Å². The fraction of sp³-hybridized carbons (Fsp3) is 0.222. The Balaban J connectivity index is 2.15. The van der Waals surface area contributed by atoms with Crippen LogP contribution in [-0.2, 0) is 24.7 Å². The SMILES string of the molecule is FC(F)(F)c1cc(-c2ccc(-c3cc(C(F)(F)F)nc(C(F)(F)F)c3)[nH]2)cc(C(F)(F)F)n1. The van der Waals surface area contributed by atoms with Gasteiger partial charge in [0.2, 0.25) is 0 Å². The van der Waals surface area contributed by atoms with E-state index in [9.17, 15) is 52.7 Å². The minimum atomic E-state index is -5.26. The Morgan fingerprint density at radius 1 is 0.455 bits per heavy atom. The molecular weight excluding hydrogens is 486 g/mol. The zero-order valence-electron chi connectivity index (χ0n) is 15.4. The smallest absolute Gasteiger partial charge is 0.355 e. The molecule has 33 heavy (non-hydrogen) atoms. The molecule has 0 atom stereocenters. The number of pyridine rings is 2. The number of hydrogen-bond acceptors (Lipinski definition) is 2. The number of aromatic nitrogens is 3. The number of hydrogen-bond donors (Lipinski definition) is 1. The quantitative estimate of drug-likeness (QED) is 0.384. The van der Waals surface area contributed by atoms with Crippen molar-refractivity contribution < 1.29 is 52.7 Å². The summed E-state index contributed by atoms with van der Waals surface area (Å²) >= 11 is 0. The Morgan fingerprint density at radius 2 is 0.697 bits per heavy atom. The number of nitrogens with zero attached hydrogens (tertiary/aromatic N) is 2. The number of H-pyrrole nitrogens is 1. The summed E-state index contributed by atoms with van der Waals surface area (Å²) in [5, 5.41) is 0. The highest BCUT2D eigenvalue weighted by Crippen LogP contribution is 2.39. The van der Waals surface area contributed by atoms with Gasteiger partial charge in [-0.05, 0) is 36.4 Å². The van der Waals surface area contributed by atoms with E-state index in [4.69, 9.17) is 0 Å². The molecule has 15 heteroatoms. The summed E-state index contributed by atoms with van der Waals surface area (Å²) in [5.74, 6) is 0. The summed E-state index contributed by atoms with van der Waals surface area (Å²) in [7, 11) is 0. The number of halogens is 12. The molecule has 3 heterocycles. The second kappa shape index (κ2) is 7.66. The van der Waals surface area contributed by atoms with Crippen molar-refractivity contribution in [2.75, 3.05) is 0 Å². The van der Waals surface area contributed by atoms with Gasteiger partial charge in [0.25, 0.3) is 0 Å². The molecule has 0 spiro atoms. The molecule has 0 aliphatic heterocycles. The third-order valence-corrected chi connectivity index (χ3v) is 4.12. The molecule has 0 aromatic carbocycles. The molecule has 0 aliphatic carbocycles. The van der Waals surface area contributed by atoms with Crippen LogP contribution >= 0.6 is 0 Å². The molecule has 3 aromatic heterocycles. The summed E-state index contributed by atoms with van der Waals surface area (Å²) in [6, 6.07) is 2.79. The summed E-state index contributed by atoms with van der Waals surface area (Å²) < 4.78 is 156. The predicted octanol–water partition coefficient (Wildman–Crippen LogP) is 7.21. The summed E-state index contributed by atoms with van der Waals surface area (Å²) in [5.41, 5.74) is -9.87. The summed E-state index contributed by atoms with van der Waals surface area (Å²) in [6.45, 7) is 0. The fourth-order valence-corrected chi connectivity index (χ4v) is 2.68. The van der Waals surface area contributed by atoms with E-state index >= 15 is 0 Å². The van der Waals surface area contributed by atoms with Gasteiger partial charge in [-0.1, -0.05) is 0 Å². The lowest BCUT2D eigenvalue weighted by atomic mass is 10.1. The maximum atomic E-state index is 13.0. The Labute approximate surface area is 175 Å². The Bertz CT molecular complexity index is 1010. The molecule has 0 aliphatic rings. The number of aromatic amines is 1. The van der Waals surface area contributed by atoms with Crippen LogP contribution in [0, 0.1) is 0 Å². The predicted molar refractivity (Wildman–Crippen MR) is 87.3 cm³/mol. The number of alkyl halides is 12. The molecule has 0 saturated carbocycles. The molecular formula is C18H7F12N3. The van der Waals surface area contributed by atoms with Gasteiger partial charge >= 0.3 is 24.7 Å². The van der Waals surface area contributed by atoms with E-state index in [2.05, 4.69) is 15.0 Å². The van der Waals surface area contributed by atoms with Gasteiger partial charge in [0.15, 0.2) is 0 Å². The van der Waals surface area contributed by atoms with Gasteiger partial charge in [0.05, 0.1) is 0 Å². The number of nitrogens with one attached hydrogen (secondary N) is 1. The molecule has 0 saturated heterocycles. The average Bonchev–Trinajstić information content (AvgIpc) is 3.15. The Morgan fingerprint density at radius 3 is 0.909 bits per heavy atom. The third kappa shape index (κ3) is 5.39. The van der Waals surface area contributed by atoms with Crippen LogP contribution in [-0.4, -0.2) is 15.0 Å². The van der Waals surface area contributed by atoms with E-state index in [1.54, 1.807) is 0 Å². The first-order valence-corrected chi connectivity index (χ1v) is 8.38. The highest BCUT2D eigenvalue weighted by atomic mass is 19.4. The van der Waals surface area contributed by atoms with Crippen LogP contribution in [0.5, 0.6) is 0 Å². The minimum absolute atomic E-state index is 0.250. The monoisotopic (exact) mass is 493 g/mol. The largest absolute Gasteiger partial charge is 0.433 e. The van der Waals surface area contributed by atoms with E-state index in [1.807, 2.05) is 0 Å². The van der Waals surface area contributed by atoms with Crippen molar-refractivity contribution in [2.45, 2.75) is 24.7 Å². The van der Waals surface area contributed by atoms with Gasteiger partial charge in [-0.15, -0.1) is 0 Å². The molecule has 3 rings (SSSR count). The second-order valence-corrected chi connectivity index (χ2v) is 6.53. The molecule has 0 amide bonds. The maximum absolute atomic E-state index is 13.0. The van der Waals surface area contributed by atoms with Gasteiger partial charge in [-0.2, -0.15) is 52.7 Å². The fourth-order valence-electron chi connectivity index (χ4n) is 2.68. The lowest BCUT2D eigenvalue weighted by molar-refractivity contribution is -0.151. The molecule has 0 bridgehead atoms. The average molecular weight is 493 g/mol. The molecule has 0 fully saturated rings. The van der Waals surface area contributed by atoms with Crippen LogP contribution in [0.2, 0.25) is 0 Å². The van der Waals surface area contributed by atoms with Crippen LogP contribution < -0.4 is 0 Å². The van der Waals surface area contributed by atoms with Gasteiger partial charge in [-0.3, -0.25) is 0 Å². The normalized spacial score (nSPS) is 13.5. The standard InChI is InChI=1S/C18H7F12N3/c19-15(20,21)11-3-7(4-12(32-11)16(22,23)24)9-1-2-10(31-9)8-5-13(17(25,26)27)33-14(6-8)18(28,29)30/h1-6,31H. The van der Waals surface area contributed by atoms with Crippen LogP contribution in [0.4, 0.5) is 52.7 Å². The summed E-state index contributed by atoms with van der Waals surface area (Å²) in [6.07, 6.45) is -21.1. The highest BCUT2D eigenvalue weighted by molar-refractivity contribution is 5.69.